The van der Waals surface area contributed by atoms with Gasteiger partial charge in [-0.2, -0.15) is 0 Å². The molecule has 33 heavy (non-hydrogen) atoms. The van der Waals surface area contributed by atoms with Crippen molar-refractivity contribution in [3.63, 3.8) is 0 Å². The van der Waals surface area contributed by atoms with Crippen molar-refractivity contribution in [2.24, 2.45) is 0 Å². The number of amides is 1. The maximum absolute atomic E-state index is 13.3. The molecule has 5 rings (SSSR count). The van der Waals surface area contributed by atoms with Crippen LogP contribution in [0.1, 0.15) is 48.7 Å². The number of aromatic nitrogens is 1. The molecule has 1 aliphatic rings. The number of nitrogens with one attached hydrogen (secondary N) is 1. The number of para-hydroxylation sites is 2. The number of carbonyl (C=O) groups is 1. The zero-order valence-corrected chi connectivity index (χ0v) is 18.9. The quantitative estimate of drug-likeness (QED) is 0.443. The second-order valence-corrected chi connectivity index (χ2v) is 8.77. The van der Waals surface area contributed by atoms with Crippen LogP contribution in [0.3, 0.4) is 0 Å². The van der Waals surface area contributed by atoms with Gasteiger partial charge in [-0.1, -0.05) is 72.8 Å². The number of likely N-dealkylation sites (tertiary alicyclic amines) is 1. The molecule has 0 bridgehead atoms. The number of oxazole rings is 1. The summed E-state index contributed by atoms with van der Waals surface area (Å²) in [5.41, 5.74) is 3.92. The van der Waals surface area contributed by atoms with Crippen molar-refractivity contribution >= 4 is 17.0 Å². The number of rotatable bonds is 6. The zero-order chi connectivity index (χ0) is 22.6. The lowest BCUT2D eigenvalue weighted by Crippen LogP contribution is -2.48. The van der Waals surface area contributed by atoms with Gasteiger partial charge in [0.1, 0.15) is 5.52 Å². The third kappa shape index (κ3) is 4.69. The van der Waals surface area contributed by atoms with Gasteiger partial charge in [-0.3, -0.25) is 9.69 Å². The molecule has 4 aromatic rings. The number of hydrogen-bond acceptors (Lipinski definition) is 4. The third-order valence-electron chi connectivity index (χ3n) is 6.67. The van der Waals surface area contributed by atoms with E-state index in [1.807, 2.05) is 67.6 Å². The first-order valence-electron chi connectivity index (χ1n) is 11.7. The molecule has 1 amide bonds. The molecule has 5 nitrogen and oxygen atoms in total. The van der Waals surface area contributed by atoms with Crippen molar-refractivity contribution in [3.05, 3.63) is 102 Å². The predicted octanol–water partition coefficient (Wildman–Crippen LogP) is 5.30. The van der Waals surface area contributed by atoms with Gasteiger partial charge in [0.25, 0.3) is 0 Å². The summed E-state index contributed by atoms with van der Waals surface area (Å²) in [6, 6.07) is 27.8. The fourth-order valence-electron chi connectivity index (χ4n) is 4.68. The molecule has 1 aromatic heterocycles. The van der Waals surface area contributed by atoms with E-state index in [1.165, 1.54) is 0 Å². The Bertz CT molecular complexity index is 1130. The van der Waals surface area contributed by atoms with Crippen LogP contribution >= 0.6 is 0 Å². The summed E-state index contributed by atoms with van der Waals surface area (Å²) in [6.07, 6.45) is 1.87. The third-order valence-corrected chi connectivity index (χ3v) is 6.67. The van der Waals surface area contributed by atoms with Crippen molar-refractivity contribution in [1.82, 2.24) is 15.2 Å². The molecule has 0 saturated carbocycles. The van der Waals surface area contributed by atoms with Gasteiger partial charge in [0, 0.05) is 5.92 Å². The van der Waals surface area contributed by atoms with E-state index < -0.39 is 0 Å². The first-order valence-corrected chi connectivity index (χ1v) is 11.7. The Morgan fingerprint density at radius 2 is 1.48 bits per heavy atom. The van der Waals surface area contributed by atoms with E-state index in [0.29, 0.717) is 5.92 Å². The summed E-state index contributed by atoms with van der Waals surface area (Å²) in [5.74, 6) is 1.17. The molecular formula is C28H29N3O2. The molecule has 2 heterocycles. The van der Waals surface area contributed by atoms with Crippen LogP contribution in [0.25, 0.3) is 11.1 Å². The van der Waals surface area contributed by atoms with Crippen LogP contribution in [0.4, 0.5) is 0 Å². The number of hydrogen-bond donors (Lipinski definition) is 1. The van der Waals surface area contributed by atoms with Crippen LogP contribution in [0, 0.1) is 0 Å². The van der Waals surface area contributed by atoms with E-state index in [4.69, 9.17) is 4.42 Å². The minimum atomic E-state index is -0.204. The van der Waals surface area contributed by atoms with E-state index in [0.717, 1.165) is 54.0 Å². The summed E-state index contributed by atoms with van der Waals surface area (Å²) in [7, 11) is 0. The monoisotopic (exact) mass is 439 g/mol. The summed E-state index contributed by atoms with van der Waals surface area (Å²) < 4.78 is 5.99. The van der Waals surface area contributed by atoms with Gasteiger partial charge in [0.2, 0.25) is 5.91 Å². The molecular weight excluding hydrogens is 410 g/mol. The zero-order valence-electron chi connectivity index (χ0n) is 18.9. The van der Waals surface area contributed by atoms with Gasteiger partial charge in [0.05, 0.1) is 12.1 Å². The second-order valence-electron chi connectivity index (χ2n) is 8.77. The van der Waals surface area contributed by atoms with Crippen LogP contribution in [0.2, 0.25) is 0 Å². The van der Waals surface area contributed by atoms with Crippen molar-refractivity contribution in [1.29, 1.82) is 0 Å². The largest absolute Gasteiger partial charge is 0.440 e. The lowest BCUT2D eigenvalue weighted by Gasteiger charge is -2.35. The fourth-order valence-corrected chi connectivity index (χ4v) is 4.68. The average Bonchev–Trinajstić information content (AvgIpc) is 3.32. The van der Waals surface area contributed by atoms with E-state index in [-0.39, 0.29) is 18.0 Å². The first-order chi connectivity index (χ1) is 16.2. The summed E-state index contributed by atoms with van der Waals surface area (Å²) in [4.78, 5) is 20.2. The summed E-state index contributed by atoms with van der Waals surface area (Å²) >= 11 is 0. The van der Waals surface area contributed by atoms with Gasteiger partial charge in [-0.25, -0.2) is 4.98 Å². The molecule has 1 unspecified atom stereocenters. The molecule has 168 valence electrons. The molecule has 1 atom stereocenters. The van der Waals surface area contributed by atoms with Crippen LogP contribution < -0.4 is 5.32 Å². The van der Waals surface area contributed by atoms with Gasteiger partial charge < -0.3 is 9.73 Å². The Balaban J connectivity index is 1.24. The SMILES string of the molecule is CC(C(=O)NC(c1ccccc1)c1ccccc1)N1CCC(c2nc3ccccc3o2)CC1. The lowest BCUT2D eigenvalue weighted by atomic mass is 9.95. The van der Waals surface area contributed by atoms with Crippen molar-refractivity contribution in [2.75, 3.05) is 13.1 Å². The normalized spacial score (nSPS) is 16.2. The lowest BCUT2D eigenvalue weighted by molar-refractivity contribution is -0.126. The van der Waals surface area contributed by atoms with Gasteiger partial charge in [-0.15, -0.1) is 0 Å². The molecule has 1 saturated heterocycles. The number of benzene rings is 3. The highest BCUT2D eigenvalue weighted by atomic mass is 16.3. The molecule has 0 radical (unpaired) electrons. The number of piperidine rings is 1. The van der Waals surface area contributed by atoms with Crippen LogP contribution in [-0.2, 0) is 4.79 Å². The van der Waals surface area contributed by atoms with Crippen LogP contribution in [0.5, 0.6) is 0 Å². The molecule has 0 spiro atoms. The maximum atomic E-state index is 13.3. The van der Waals surface area contributed by atoms with Crippen LogP contribution in [0.15, 0.2) is 89.3 Å². The molecule has 1 N–H and O–H groups in total. The Morgan fingerprint density at radius 1 is 0.909 bits per heavy atom. The van der Waals surface area contributed by atoms with E-state index in [2.05, 4.69) is 39.5 Å². The molecule has 3 aromatic carbocycles. The highest BCUT2D eigenvalue weighted by Gasteiger charge is 2.30. The second kappa shape index (κ2) is 9.59. The van der Waals surface area contributed by atoms with Gasteiger partial charge in [0.15, 0.2) is 11.5 Å². The first kappa shape index (κ1) is 21.4. The minimum Gasteiger partial charge on any atom is -0.440 e. The number of carbonyl (C=O) groups excluding carboxylic acids is 1. The van der Waals surface area contributed by atoms with Crippen molar-refractivity contribution < 1.29 is 9.21 Å². The van der Waals surface area contributed by atoms with E-state index >= 15 is 0 Å². The summed E-state index contributed by atoms with van der Waals surface area (Å²) in [6.45, 7) is 3.70. The highest BCUT2D eigenvalue weighted by Crippen LogP contribution is 2.31. The molecule has 0 aliphatic carbocycles. The molecule has 5 heteroatoms. The van der Waals surface area contributed by atoms with Crippen molar-refractivity contribution in [2.45, 2.75) is 37.8 Å². The molecule has 1 fully saturated rings. The van der Waals surface area contributed by atoms with Gasteiger partial charge in [-0.05, 0) is 56.1 Å². The van der Waals surface area contributed by atoms with Gasteiger partial charge >= 0.3 is 0 Å². The number of nitrogens with zero attached hydrogens (tertiary/aromatic N) is 2. The Morgan fingerprint density at radius 3 is 2.09 bits per heavy atom. The number of fused-ring (bicyclic) bond motifs is 1. The Hall–Kier alpha value is -3.44. The van der Waals surface area contributed by atoms with Crippen molar-refractivity contribution in [3.8, 4) is 0 Å². The summed E-state index contributed by atoms with van der Waals surface area (Å²) in [5, 5.41) is 3.30. The highest BCUT2D eigenvalue weighted by molar-refractivity contribution is 5.82. The smallest absolute Gasteiger partial charge is 0.237 e. The molecule has 1 aliphatic heterocycles. The Labute approximate surface area is 194 Å². The predicted molar refractivity (Wildman–Crippen MR) is 130 cm³/mol. The average molecular weight is 440 g/mol. The van der Waals surface area contributed by atoms with E-state index in [1.54, 1.807) is 0 Å². The standard InChI is InChI=1S/C28H29N3O2/c1-20(27(32)30-26(21-10-4-2-5-11-21)22-12-6-3-7-13-22)31-18-16-23(17-19-31)28-29-24-14-8-9-15-25(24)33-28/h2-15,20,23,26H,16-19H2,1H3,(H,30,32). The maximum Gasteiger partial charge on any atom is 0.237 e. The topological polar surface area (TPSA) is 58.4 Å². The van der Waals surface area contributed by atoms with E-state index in [9.17, 15) is 4.79 Å². The fraction of sp³-hybridized carbons (Fsp3) is 0.286. The van der Waals surface area contributed by atoms with Crippen LogP contribution in [-0.4, -0.2) is 34.9 Å². The Kier molecular flexibility index (Phi) is 6.22. The minimum absolute atomic E-state index is 0.0491.